The largest absolute Gasteiger partial charge is 0.375 e. The van der Waals surface area contributed by atoms with Crippen molar-refractivity contribution in [2.45, 2.75) is 43.0 Å². The number of hydrogen-bond donors (Lipinski definition) is 0. The molecule has 2 rings (SSSR count). The van der Waals surface area contributed by atoms with E-state index < -0.39 is 9.05 Å². The molecule has 0 aromatic rings. The van der Waals surface area contributed by atoms with Gasteiger partial charge in [-0.1, -0.05) is 0 Å². The average Bonchev–Trinajstić information content (AvgIpc) is 2.00. The molecule has 0 N–H and O–H groups in total. The summed E-state index contributed by atoms with van der Waals surface area (Å²) < 4.78 is 27.9. The maximum absolute atomic E-state index is 11.1. The summed E-state index contributed by atoms with van der Waals surface area (Å²) in [5.74, 6) is 0. The molecule has 1 aliphatic carbocycles. The standard InChI is InChI=1S/C8H13ClO3S/c9-13(10,11)7-2-5-12-8(6-7)3-1-4-8/h7H,1-6H2. The van der Waals surface area contributed by atoms with E-state index in [-0.39, 0.29) is 10.9 Å². The molecular formula is C8H13ClO3S. The number of halogens is 1. The van der Waals surface area contributed by atoms with Crippen molar-refractivity contribution in [1.82, 2.24) is 0 Å². The average molecular weight is 225 g/mol. The first-order chi connectivity index (χ1) is 6.02. The van der Waals surface area contributed by atoms with Gasteiger partial charge in [-0.3, -0.25) is 0 Å². The molecule has 0 radical (unpaired) electrons. The first-order valence-electron chi connectivity index (χ1n) is 4.59. The van der Waals surface area contributed by atoms with Crippen molar-refractivity contribution in [1.29, 1.82) is 0 Å². The van der Waals surface area contributed by atoms with Crippen LogP contribution < -0.4 is 0 Å². The zero-order chi connectivity index (χ0) is 9.53. The van der Waals surface area contributed by atoms with Gasteiger partial charge in [-0.25, -0.2) is 8.42 Å². The van der Waals surface area contributed by atoms with Crippen LogP contribution in [0.5, 0.6) is 0 Å². The smallest absolute Gasteiger partial charge is 0.235 e. The molecule has 0 aromatic heterocycles. The molecular weight excluding hydrogens is 212 g/mol. The molecule has 1 heterocycles. The first-order valence-corrected chi connectivity index (χ1v) is 6.97. The Labute approximate surface area is 82.8 Å². The minimum atomic E-state index is -3.38. The molecule has 1 unspecified atom stereocenters. The second kappa shape index (κ2) is 3.11. The van der Waals surface area contributed by atoms with E-state index in [0.29, 0.717) is 19.4 Å². The summed E-state index contributed by atoms with van der Waals surface area (Å²) in [6, 6.07) is 0. The summed E-state index contributed by atoms with van der Waals surface area (Å²) in [7, 11) is 1.96. The van der Waals surface area contributed by atoms with Crippen LogP contribution in [0, 0.1) is 0 Å². The van der Waals surface area contributed by atoms with Crippen LogP contribution in [0.15, 0.2) is 0 Å². The highest BCUT2D eigenvalue weighted by molar-refractivity contribution is 8.14. The first kappa shape index (κ1) is 9.74. The normalized spacial score (nSPS) is 32.8. The van der Waals surface area contributed by atoms with Gasteiger partial charge >= 0.3 is 0 Å². The summed E-state index contributed by atoms with van der Waals surface area (Å²) in [4.78, 5) is 0. The molecule has 13 heavy (non-hydrogen) atoms. The second-order valence-electron chi connectivity index (χ2n) is 3.98. The number of rotatable bonds is 1. The van der Waals surface area contributed by atoms with Crippen molar-refractivity contribution in [3.05, 3.63) is 0 Å². The number of ether oxygens (including phenoxy) is 1. The zero-order valence-electron chi connectivity index (χ0n) is 7.33. The Morgan fingerprint density at radius 2 is 2.08 bits per heavy atom. The molecule has 1 spiro atoms. The van der Waals surface area contributed by atoms with Gasteiger partial charge in [-0.15, -0.1) is 0 Å². The van der Waals surface area contributed by atoms with Crippen LogP contribution in [0.1, 0.15) is 32.1 Å². The van der Waals surface area contributed by atoms with Crippen LogP contribution in [0.25, 0.3) is 0 Å². The van der Waals surface area contributed by atoms with Crippen LogP contribution in [0.3, 0.4) is 0 Å². The van der Waals surface area contributed by atoms with E-state index in [9.17, 15) is 8.42 Å². The van der Waals surface area contributed by atoms with Gasteiger partial charge in [0.1, 0.15) is 0 Å². The van der Waals surface area contributed by atoms with Crippen LogP contribution in [0.2, 0.25) is 0 Å². The molecule has 0 bridgehead atoms. The Morgan fingerprint density at radius 3 is 2.54 bits per heavy atom. The van der Waals surface area contributed by atoms with E-state index in [1.807, 2.05) is 0 Å². The molecule has 0 aromatic carbocycles. The summed E-state index contributed by atoms with van der Waals surface area (Å²) in [6.45, 7) is 0.538. The lowest BCUT2D eigenvalue weighted by Crippen LogP contribution is -2.48. The van der Waals surface area contributed by atoms with Crippen LogP contribution in [0.4, 0.5) is 0 Å². The predicted octanol–water partition coefficient (Wildman–Crippen LogP) is 1.66. The minimum Gasteiger partial charge on any atom is -0.375 e. The summed E-state index contributed by atoms with van der Waals surface area (Å²) in [5, 5.41) is -0.386. The third kappa shape index (κ3) is 1.85. The minimum absolute atomic E-state index is 0.134. The summed E-state index contributed by atoms with van der Waals surface area (Å²) in [5.41, 5.74) is -0.134. The van der Waals surface area contributed by atoms with Gasteiger partial charge in [0.25, 0.3) is 0 Å². The molecule has 1 saturated heterocycles. The lowest BCUT2D eigenvalue weighted by Gasteiger charge is -2.46. The Kier molecular flexibility index (Phi) is 2.33. The van der Waals surface area contributed by atoms with Gasteiger partial charge in [-0.05, 0) is 32.1 Å². The van der Waals surface area contributed by atoms with E-state index in [2.05, 4.69) is 0 Å². The third-order valence-corrected chi connectivity index (χ3v) is 5.07. The fourth-order valence-electron chi connectivity index (χ4n) is 2.14. The highest BCUT2D eigenvalue weighted by Crippen LogP contribution is 2.44. The van der Waals surface area contributed by atoms with Crippen LogP contribution in [-0.4, -0.2) is 25.9 Å². The Morgan fingerprint density at radius 1 is 1.38 bits per heavy atom. The zero-order valence-corrected chi connectivity index (χ0v) is 8.90. The van der Waals surface area contributed by atoms with Gasteiger partial charge in [0.2, 0.25) is 9.05 Å². The summed E-state index contributed by atoms with van der Waals surface area (Å²) >= 11 is 0. The summed E-state index contributed by atoms with van der Waals surface area (Å²) in [6.07, 6.45) is 4.29. The molecule has 0 amide bonds. The maximum atomic E-state index is 11.1. The fraction of sp³-hybridized carbons (Fsp3) is 1.00. The highest BCUT2D eigenvalue weighted by Gasteiger charge is 2.45. The van der Waals surface area contributed by atoms with E-state index >= 15 is 0 Å². The van der Waals surface area contributed by atoms with E-state index in [1.54, 1.807) is 0 Å². The second-order valence-corrected chi connectivity index (χ2v) is 6.88. The van der Waals surface area contributed by atoms with Gasteiger partial charge in [-0.2, -0.15) is 0 Å². The van der Waals surface area contributed by atoms with Crippen molar-refractivity contribution in [3.8, 4) is 0 Å². The van der Waals surface area contributed by atoms with Crippen molar-refractivity contribution >= 4 is 19.7 Å². The van der Waals surface area contributed by atoms with Crippen molar-refractivity contribution in [2.75, 3.05) is 6.61 Å². The van der Waals surface area contributed by atoms with Gasteiger partial charge in [0, 0.05) is 17.3 Å². The highest BCUT2D eigenvalue weighted by atomic mass is 35.7. The van der Waals surface area contributed by atoms with Gasteiger partial charge in [0.05, 0.1) is 10.9 Å². The SMILES string of the molecule is O=S(=O)(Cl)C1CCOC2(CCC2)C1. The number of hydrogen-bond acceptors (Lipinski definition) is 3. The molecule has 1 aliphatic heterocycles. The lowest BCUT2D eigenvalue weighted by atomic mass is 9.75. The van der Waals surface area contributed by atoms with E-state index in [4.69, 9.17) is 15.4 Å². The molecule has 2 aliphatic rings. The van der Waals surface area contributed by atoms with Gasteiger partial charge in [0.15, 0.2) is 0 Å². The van der Waals surface area contributed by atoms with E-state index in [1.165, 1.54) is 0 Å². The van der Waals surface area contributed by atoms with Crippen LogP contribution in [-0.2, 0) is 13.8 Å². The molecule has 2 fully saturated rings. The Balaban J connectivity index is 2.08. The maximum Gasteiger partial charge on any atom is 0.235 e. The van der Waals surface area contributed by atoms with Gasteiger partial charge < -0.3 is 4.74 Å². The Bertz CT molecular complexity index is 295. The molecule has 1 saturated carbocycles. The molecule has 1 atom stereocenters. The molecule has 3 nitrogen and oxygen atoms in total. The molecule has 76 valence electrons. The molecule has 5 heteroatoms. The van der Waals surface area contributed by atoms with E-state index in [0.717, 1.165) is 19.3 Å². The third-order valence-electron chi connectivity index (χ3n) is 3.11. The quantitative estimate of drug-likeness (QED) is 0.637. The predicted molar refractivity (Wildman–Crippen MR) is 50.3 cm³/mol. The fourth-order valence-corrected chi connectivity index (χ4v) is 3.48. The van der Waals surface area contributed by atoms with Crippen molar-refractivity contribution < 1.29 is 13.2 Å². The monoisotopic (exact) mass is 224 g/mol. The van der Waals surface area contributed by atoms with Crippen molar-refractivity contribution in [2.24, 2.45) is 0 Å². The van der Waals surface area contributed by atoms with Crippen LogP contribution >= 0.6 is 10.7 Å². The lowest BCUT2D eigenvalue weighted by molar-refractivity contribution is -0.125. The Hall–Kier alpha value is 0.200. The topological polar surface area (TPSA) is 43.4 Å². The van der Waals surface area contributed by atoms with Crippen molar-refractivity contribution in [3.63, 3.8) is 0 Å².